The number of hydrogen-bond acceptors (Lipinski definition) is 9. The van der Waals surface area contributed by atoms with Gasteiger partial charge in [-0.25, -0.2) is 4.18 Å². The van der Waals surface area contributed by atoms with Crippen molar-refractivity contribution >= 4 is 10.4 Å². The van der Waals surface area contributed by atoms with Crippen LogP contribution in [0.2, 0.25) is 0 Å². The van der Waals surface area contributed by atoms with Crippen LogP contribution in [-0.2, 0) is 19.3 Å². The van der Waals surface area contributed by atoms with Gasteiger partial charge in [-0.15, -0.1) is 0 Å². The monoisotopic (exact) mass is 275 g/mol. The van der Waals surface area contributed by atoms with Crippen LogP contribution < -0.4 is 5.73 Å². The minimum absolute atomic E-state index is 0.845. The van der Waals surface area contributed by atoms with Gasteiger partial charge in [-0.2, -0.15) is 8.42 Å². The Morgan fingerprint density at radius 1 is 1.41 bits per heavy atom. The molecule has 1 rings (SSSR count). The van der Waals surface area contributed by atoms with Crippen LogP contribution in [0.25, 0.3) is 0 Å². The Hall–Kier alpha value is -0.370. The van der Waals surface area contributed by atoms with E-state index < -0.39 is 47.3 Å². The Morgan fingerprint density at radius 2 is 1.94 bits per heavy atom. The standard InChI is InChI=1S/C6H13NO9S/c7-3-5(10)15-2(1-8)4(9)6(3,11)16-17(12,13)14/h2-5,8-11H,1,7H2,(H,12,13,14)/t2-,3-,4-,5?,6-/m1/s1. The van der Waals surface area contributed by atoms with E-state index in [0.717, 1.165) is 0 Å². The zero-order chi connectivity index (χ0) is 13.4. The molecule has 0 amide bonds. The molecular weight excluding hydrogens is 262 g/mol. The maximum atomic E-state index is 10.5. The lowest BCUT2D eigenvalue weighted by molar-refractivity contribution is -0.335. The molecule has 17 heavy (non-hydrogen) atoms. The number of aliphatic hydroxyl groups excluding tert-OH is 3. The Morgan fingerprint density at radius 3 is 2.35 bits per heavy atom. The first-order valence-electron chi connectivity index (χ1n) is 4.40. The zero-order valence-electron chi connectivity index (χ0n) is 8.37. The third-order valence-corrected chi connectivity index (χ3v) is 2.77. The number of rotatable bonds is 3. The van der Waals surface area contributed by atoms with Gasteiger partial charge in [0.15, 0.2) is 6.29 Å². The summed E-state index contributed by atoms with van der Waals surface area (Å²) in [7, 11) is -5.14. The van der Waals surface area contributed by atoms with Crippen molar-refractivity contribution in [3.8, 4) is 0 Å². The first-order chi connectivity index (χ1) is 7.62. The molecule has 11 heteroatoms. The van der Waals surface area contributed by atoms with E-state index in [9.17, 15) is 23.7 Å². The zero-order valence-corrected chi connectivity index (χ0v) is 9.19. The first-order valence-corrected chi connectivity index (χ1v) is 5.77. The maximum absolute atomic E-state index is 10.5. The van der Waals surface area contributed by atoms with Gasteiger partial charge in [-0.05, 0) is 0 Å². The van der Waals surface area contributed by atoms with Gasteiger partial charge in [-0.3, -0.25) is 4.55 Å². The van der Waals surface area contributed by atoms with Gasteiger partial charge in [0.1, 0.15) is 18.2 Å². The largest absolute Gasteiger partial charge is 0.400 e. The molecule has 5 atom stereocenters. The molecule has 0 aliphatic carbocycles. The van der Waals surface area contributed by atoms with Gasteiger partial charge in [0.25, 0.3) is 0 Å². The summed E-state index contributed by atoms with van der Waals surface area (Å²) in [5.41, 5.74) is 5.20. The second-order valence-electron chi connectivity index (χ2n) is 3.48. The molecule has 1 fully saturated rings. The highest BCUT2D eigenvalue weighted by Crippen LogP contribution is 2.30. The lowest BCUT2D eigenvalue weighted by Crippen LogP contribution is -2.71. The fraction of sp³-hybridized carbons (Fsp3) is 1.00. The Balaban J connectivity index is 3.06. The van der Waals surface area contributed by atoms with Crippen molar-refractivity contribution in [2.24, 2.45) is 5.73 Å². The van der Waals surface area contributed by atoms with Crippen LogP contribution in [0.3, 0.4) is 0 Å². The molecule has 1 unspecified atom stereocenters. The molecule has 0 spiro atoms. The van der Waals surface area contributed by atoms with E-state index in [2.05, 4.69) is 8.92 Å². The fourth-order valence-electron chi connectivity index (χ4n) is 1.42. The normalized spacial score (nSPS) is 43.6. The van der Waals surface area contributed by atoms with E-state index in [1.54, 1.807) is 0 Å². The number of aliphatic hydroxyl groups is 4. The predicted molar refractivity (Wildman–Crippen MR) is 49.5 cm³/mol. The topological polar surface area (TPSA) is 180 Å². The molecule has 102 valence electrons. The molecule has 10 nitrogen and oxygen atoms in total. The highest BCUT2D eigenvalue weighted by atomic mass is 32.3. The lowest BCUT2D eigenvalue weighted by Gasteiger charge is -2.45. The maximum Gasteiger partial charge on any atom is 0.400 e. The molecule has 1 aliphatic heterocycles. The third-order valence-electron chi connectivity index (χ3n) is 2.29. The van der Waals surface area contributed by atoms with Crippen LogP contribution in [0.4, 0.5) is 0 Å². The molecule has 0 bridgehead atoms. The van der Waals surface area contributed by atoms with Crippen LogP contribution in [0.5, 0.6) is 0 Å². The first kappa shape index (κ1) is 14.7. The smallest absolute Gasteiger partial charge is 0.394 e. The van der Waals surface area contributed by atoms with Crippen LogP contribution in [0, 0.1) is 0 Å². The third kappa shape index (κ3) is 2.90. The second kappa shape index (κ2) is 4.72. The summed E-state index contributed by atoms with van der Waals surface area (Å²) >= 11 is 0. The lowest BCUT2D eigenvalue weighted by atomic mass is 9.94. The second-order valence-corrected chi connectivity index (χ2v) is 4.50. The van der Waals surface area contributed by atoms with E-state index in [4.69, 9.17) is 15.4 Å². The van der Waals surface area contributed by atoms with Gasteiger partial charge in [0.05, 0.1) is 6.61 Å². The molecule has 0 aromatic carbocycles. The molecule has 0 radical (unpaired) electrons. The van der Waals surface area contributed by atoms with Crippen LogP contribution in [-0.4, -0.2) is 70.3 Å². The van der Waals surface area contributed by atoms with Crippen molar-refractivity contribution in [1.82, 2.24) is 0 Å². The van der Waals surface area contributed by atoms with Crippen molar-refractivity contribution in [1.29, 1.82) is 0 Å². The van der Waals surface area contributed by atoms with Crippen LogP contribution >= 0.6 is 0 Å². The van der Waals surface area contributed by atoms with Gasteiger partial charge >= 0.3 is 10.4 Å². The number of hydrogen-bond donors (Lipinski definition) is 6. The number of ether oxygens (including phenoxy) is 1. The summed E-state index contributed by atoms with van der Waals surface area (Å²) in [6.45, 7) is -0.845. The van der Waals surface area contributed by atoms with Crippen molar-refractivity contribution < 1.29 is 42.3 Å². The summed E-state index contributed by atoms with van der Waals surface area (Å²) < 4.78 is 37.9. The van der Waals surface area contributed by atoms with Crippen molar-refractivity contribution in [2.45, 2.75) is 30.3 Å². The van der Waals surface area contributed by atoms with Crippen LogP contribution in [0.15, 0.2) is 0 Å². The van der Waals surface area contributed by atoms with Crippen molar-refractivity contribution in [3.63, 3.8) is 0 Å². The minimum atomic E-state index is -5.14. The summed E-state index contributed by atoms with van der Waals surface area (Å²) in [6.07, 6.45) is -5.52. The Labute approximate surface area is 96.1 Å². The summed E-state index contributed by atoms with van der Waals surface area (Å²) in [5, 5.41) is 37.3. The van der Waals surface area contributed by atoms with E-state index in [1.807, 2.05) is 0 Å². The molecule has 0 aromatic heterocycles. The molecule has 7 N–H and O–H groups in total. The average Bonchev–Trinajstić information content (AvgIpc) is 2.19. The quantitative estimate of drug-likeness (QED) is 0.219. The summed E-state index contributed by atoms with van der Waals surface area (Å²) in [4.78, 5) is 0. The SMILES string of the molecule is N[C@@H]1C(O)O[C@H](CO)[C@@H](O)[C@]1(O)OS(=O)(=O)O. The van der Waals surface area contributed by atoms with Crippen molar-refractivity contribution in [3.05, 3.63) is 0 Å². The van der Waals surface area contributed by atoms with Crippen LogP contribution in [0.1, 0.15) is 0 Å². The molecule has 0 aromatic rings. The Kier molecular flexibility index (Phi) is 4.08. The summed E-state index contributed by atoms with van der Waals surface area (Å²) in [6, 6.07) is -1.87. The highest BCUT2D eigenvalue weighted by molar-refractivity contribution is 7.80. The Bertz CT molecular complexity index is 372. The van der Waals surface area contributed by atoms with Gasteiger partial charge in [0, 0.05) is 0 Å². The summed E-state index contributed by atoms with van der Waals surface area (Å²) in [5.74, 6) is -3.02. The molecule has 0 saturated carbocycles. The van der Waals surface area contributed by atoms with Gasteiger partial charge < -0.3 is 30.9 Å². The highest BCUT2D eigenvalue weighted by Gasteiger charge is 2.57. The van der Waals surface area contributed by atoms with E-state index in [0.29, 0.717) is 0 Å². The fourth-order valence-corrected chi connectivity index (χ4v) is 1.97. The van der Waals surface area contributed by atoms with Crippen molar-refractivity contribution in [2.75, 3.05) is 6.61 Å². The molecule has 1 saturated heterocycles. The van der Waals surface area contributed by atoms with E-state index in [1.165, 1.54) is 0 Å². The molecule has 1 heterocycles. The van der Waals surface area contributed by atoms with E-state index >= 15 is 0 Å². The van der Waals surface area contributed by atoms with Gasteiger partial charge in [0.2, 0.25) is 5.79 Å². The van der Waals surface area contributed by atoms with Gasteiger partial charge in [-0.1, -0.05) is 0 Å². The average molecular weight is 275 g/mol. The van der Waals surface area contributed by atoms with E-state index in [-0.39, 0.29) is 0 Å². The molecular formula is C6H13NO9S. The number of nitrogens with two attached hydrogens (primary N) is 1. The minimum Gasteiger partial charge on any atom is -0.394 e. The predicted octanol–water partition coefficient (Wildman–Crippen LogP) is -4.11. The molecule has 1 aliphatic rings.